The molecule has 3 aromatic rings. The number of aromatic nitrogens is 2. The Balaban J connectivity index is 1.79. The van der Waals surface area contributed by atoms with Crippen LogP contribution in [0.2, 0.25) is 0 Å². The van der Waals surface area contributed by atoms with Crippen LogP contribution in [0.1, 0.15) is 33.3 Å². The molecule has 1 aromatic carbocycles. The van der Waals surface area contributed by atoms with Crippen LogP contribution in [0.4, 0.5) is 13.2 Å². The Morgan fingerprint density at radius 1 is 1.16 bits per heavy atom. The molecule has 3 heterocycles. The number of hydrogen-bond donors (Lipinski definition) is 2. The SMILES string of the molecule is C=CC(C)(C)N1C[C@@H](C)C(O)(c2c(F)cc(-c3ccnc4[nH]cc(F)c34)cc2F)[C@@H](C)C1. The maximum absolute atomic E-state index is 15.4. The number of piperidine rings is 1. The van der Waals surface area contributed by atoms with Gasteiger partial charge in [0.25, 0.3) is 0 Å². The fraction of sp³-hybridized carbons (Fsp3) is 0.400. The fourth-order valence-corrected chi connectivity index (χ4v) is 4.96. The van der Waals surface area contributed by atoms with E-state index in [4.69, 9.17) is 0 Å². The van der Waals surface area contributed by atoms with Gasteiger partial charge in [0, 0.05) is 42.9 Å². The Morgan fingerprint density at radius 2 is 1.75 bits per heavy atom. The smallest absolute Gasteiger partial charge is 0.150 e. The molecule has 3 atom stereocenters. The number of H-pyrrole nitrogens is 1. The van der Waals surface area contributed by atoms with Crippen molar-refractivity contribution in [2.24, 2.45) is 11.8 Å². The van der Waals surface area contributed by atoms with Crippen molar-refractivity contribution >= 4 is 11.0 Å². The quantitative estimate of drug-likeness (QED) is 0.532. The molecule has 1 saturated heterocycles. The summed E-state index contributed by atoms with van der Waals surface area (Å²) in [4.78, 5) is 8.92. The summed E-state index contributed by atoms with van der Waals surface area (Å²) in [7, 11) is 0. The highest BCUT2D eigenvalue weighted by molar-refractivity contribution is 5.93. The van der Waals surface area contributed by atoms with E-state index >= 15 is 8.78 Å². The number of likely N-dealkylation sites (tertiary alicyclic amines) is 1. The number of fused-ring (bicyclic) bond motifs is 1. The monoisotopic (exact) mass is 443 g/mol. The molecule has 7 heteroatoms. The molecule has 1 unspecified atom stereocenters. The van der Waals surface area contributed by atoms with Gasteiger partial charge in [0.1, 0.15) is 22.9 Å². The van der Waals surface area contributed by atoms with E-state index in [1.54, 1.807) is 13.8 Å². The molecule has 4 rings (SSSR count). The van der Waals surface area contributed by atoms with Gasteiger partial charge in [-0.15, -0.1) is 6.58 Å². The zero-order valence-electron chi connectivity index (χ0n) is 18.7. The molecule has 0 spiro atoms. The van der Waals surface area contributed by atoms with E-state index in [-0.39, 0.29) is 22.1 Å². The van der Waals surface area contributed by atoms with Crippen LogP contribution in [0, 0.1) is 29.3 Å². The average Bonchev–Trinajstić information content (AvgIpc) is 3.12. The summed E-state index contributed by atoms with van der Waals surface area (Å²) < 4.78 is 45.2. The Morgan fingerprint density at radius 3 is 2.31 bits per heavy atom. The largest absolute Gasteiger partial charge is 0.384 e. The van der Waals surface area contributed by atoms with Crippen LogP contribution in [0.5, 0.6) is 0 Å². The molecule has 0 aliphatic carbocycles. The lowest BCUT2D eigenvalue weighted by atomic mass is 9.69. The van der Waals surface area contributed by atoms with Crippen LogP contribution in [0.3, 0.4) is 0 Å². The summed E-state index contributed by atoms with van der Waals surface area (Å²) >= 11 is 0. The van der Waals surface area contributed by atoms with Crippen LogP contribution in [-0.4, -0.2) is 38.6 Å². The number of pyridine rings is 1. The molecule has 1 fully saturated rings. The highest BCUT2D eigenvalue weighted by atomic mass is 19.1. The topological polar surface area (TPSA) is 52.1 Å². The van der Waals surface area contributed by atoms with Crippen LogP contribution in [0.15, 0.2) is 43.2 Å². The first kappa shape index (κ1) is 22.6. The second kappa shape index (κ2) is 7.74. The number of nitrogens with zero attached hydrogens (tertiary/aromatic N) is 2. The third-order valence-electron chi connectivity index (χ3n) is 7.08. The molecule has 0 saturated carbocycles. The minimum atomic E-state index is -1.69. The van der Waals surface area contributed by atoms with Crippen molar-refractivity contribution in [1.82, 2.24) is 14.9 Å². The first-order valence-electron chi connectivity index (χ1n) is 10.7. The summed E-state index contributed by atoms with van der Waals surface area (Å²) in [6, 6.07) is 3.84. The molecule has 4 nitrogen and oxygen atoms in total. The third kappa shape index (κ3) is 3.35. The van der Waals surface area contributed by atoms with Crippen LogP contribution >= 0.6 is 0 Å². The van der Waals surface area contributed by atoms with Crippen LogP contribution < -0.4 is 0 Å². The molecule has 2 N–H and O–H groups in total. The molecule has 0 amide bonds. The molecule has 32 heavy (non-hydrogen) atoms. The van der Waals surface area contributed by atoms with Gasteiger partial charge in [0.2, 0.25) is 0 Å². The molecular weight excluding hydrogens is 415 g/mol. The van der Waals surface area contributed by atoms with Crippen molar-refractivity contribution in [3.8, 4) is 11.1 Å². The van der Waals surface area contributed by atoms with E-state index in [0.717, 1.165) is 18.3 Å². The lowest BCUT2D eigenvalue weighted by molar-refractivity contribution is -0.128. The zero-order chi connectivity index (χ0) is 23.4. The number of rotatable bonds is 4. The van der Waals surface area contributed by atoms with Crippen molar-refractivity contribution in [2.75, 3.05) is 13.1 Å². The second-order valence-electron chi connectivity index (χ2n) is 9.42. The van der Waals surface area contributed by atoms with E-state index in [2.05, 4.69) is 21.4 Å². The molecular formula is C25H28F3N3O. The maximum atomic E-state index is 15.4. The number of benzene rings is 1. The van der Waals surface area contributed by atoms with Gasteiger partial charge in [-0.2, -0.15) is 0 Å². The normalized spacial score (nSPS) is 24.8. The summed E-state index contributed by atoms with van der Waals surface area (Å²) in [6.45, 7) is 12.5. The van der Waals surface area contributed by atoms with E-state index in [0.29, 0.717) is 24.3 Å². The van der Waals surface area contributed by atoms with Gasteiger partial charge in [0.15, 0.2) is 5.82 Å². The van der Waals surface area contributed by atoms with Gasteiger partial charge >= 0.3 is 0 Å². The average molecular weight is 444 g/mol. The molecule has 0 bridgehead atoms. The highest BCUT2D eigenvalue weighted by Crippen LogP contribution is 2.45. The van der Waals surface area contributed by atoms with E-state index in [1.807, 2.05) is 19.9 Å². The molecule has 1 aliphatic rings. The number of hydrogen-bond acceptors (Lipinski definition) is 3. The summed E-state index contributed by atoms with van der Waals surface area (Å²) in [5, 5.41) is 11.8. The van der Waals surface area contributed by atoms with Gasteiger partial charge in [-0.3, -0.25) is 4.90 Å². The van der Waals surface area contributed by atoms with Crippen LogP contribution in [-0.2, 0) is 5.60 Å². The minimum absolute atomic E-state index is 0.166. The van der Waals surface area contributed by atoms with Gasteiger partial charge < -0.3 is 10.1 Å². The standard InChI is InChI=1S/C25H28F3N3O/c1-6-24(4,5)31-12-14(2)25(32,15(3)13-31)22-18(26)9-16(10-19(22)27)17-7-8-29-23-21(17)20(28)11-30-23/h6-11,14-15,32H,1,12-13H2,2-5H3,(H,29,30)/t14-,15+,25?. The van der Waals surface area contributed by atoms with Crippen molar-refractivity contribution in [3.05, 3.63) is 66.3 Å². The lowest BCUT2D eigenvalue weighted by Crippen LogP contribution is -2.59. The number of aliphatic hydroxyl groups is 1. The fourth-order valence-electron chi connectivity index (χ4n) is 4.96. The van der Waals surface area contributed by atoms with Crippen molar-refractivity contribution in [1.29, 1.82) is 0 Å². The molecule has 1 aliphatic heterocycles. The van der Waals surface area contributed by atoms with Gasteiger partial charge in [-0.1, -0.05) is 19.9 Å². The summed E-state index contributed by atoms with van der Waals surface area (Å²) in [5.74, 6) is -3.12. The predicted molar refractivity (Wildman–Crippen MR) is 119 cm³/mol. The Bertz CT molecular complexity index is 1150. The van der Waals surface area contributed by atoms with Crippen molar-refractivity contribution < 1.29 is 18.3 Å². The van der Waals surface area contributed by atoms with Crippen LogP contribution in [0.25, 0.3) is 22.2 Å². The van der Waals surface area contributed by atoms with Gasteiger partial charge in [-0.25, -0.2) is 18.2 Å². The maximum Gasteiger partial charge on any atom is 0.150 e. The van der Waals surface area contributed by atoms with E-state index < -0.39 is 34.9 Å². The number of halogens is 3. The number of nitrogens with one attached hydrogen (secondary N) is 1. The Kier molecular flexibility index (Phi) is 5.46. The highest BCUT2D eigenvalue weighted by Gasteiger charge is 2.50. The van der Waals surface area contributed by atoms with Crippen molar-refractivity contribution in [3.63, 3.8) is 0 Å². The minimum Gasteiger partial charge on any atom is -0.384 e. The number of aromatic amines is 1. The molecule has 2 aromatic heterocycles. The van der Waals surface area contributed by atoms with Gasteiger partial charge in [-0.05, 0) is 43.2 Å². The Labute approximate surface area is 185 Å². The summed E-state index contributed by atoms with van der Waals surface area (Å²) in [5.41, 5.74) is -1.52. The molecule has 170 valence electrons. The van der Waals surface area contributed by atoms with Crippen molar-refractivity contribution in [2.45, 2.75) is 38.8 Å². The predicted octanol–water partition coefficient (Wildman–Crippen LogP) is 5.39. The second-order valence-corrected chi connectivity index (χ2v) is 9.42. The van der Waals surface area contributed by atoms with E-state index in [1.165, 1.54) is 12.3 Å². The zero-order valence-corrected chi connectivity index (χ0v) is 18.7. The van der Waals surface area contributed by atoms with Gasteiger partial charge in [0.05, 0.1) is 10.9 Å². The third-order valence-corrected chi connectivity index (χ3v) is 7.08. The first-order chi connectivity index (χ1) is 15.0. The summed E-state index contributed by atoms with van der Waals surface area (Å²) in [6.07, 6.45) is 4.45. The lowest BCUT2D eigenvalue weighted by Gasteiger charge is -2.52. The molecule has 0 radical (unpaired) electrons. The van der Waals surface area contributed by atoms with E-state index in [9.17, 15) is 9.50 Å². The first-order valence-corrected chi connectivity index (χ1v) is 10.7. The Hall–Kier alpha value is -2.64.